The van der Waals surface area contributed by atoms with Crippen molar-refractivity contribution in [2.24, 2.45) is 5.92 Å². The molecule has 0 bridgehead atoms. The predicted molar refractivity (Wildman–Crippen MR) is 123 cm³/mol. The van der Waals surface area contributed by atoms with Crippen LogP contribution in [0.4, 0.5) is 10.1 Å². The van der Waals surface area contributed by atoms with Crippen LogP contribution in [0.5, 0.6) is 5.75 Å². The van der Waals surface area contributed by atoms with Crippen molar-refractivity contribution in [3.8, 4) is 5.75 Å². The van der Waals surface area contributed by atoms with E-state index >= 15 is 0 Å². The van der Waals surface area contributed by atoms with Gasteiger partial charge in [-0.15, -0.1) is 0 Å². The Bertz CT molecular complexity index is 1070. The number of amides is 2. The van der Waals surface area contributed by atoms with Gasteiger partial charge < -0.3 is 25.2 Å². The van der Waals surface area contributed by atoms with Crippen LogP contribution in [-0.4, -0.2) is 41.8 Å². The molecule has 0 unspecified atom stereocenters. The number of halogens is 1. The van der Waals surface area contributed by atoms with Crippen LogP contribution in [0, 0.1) is 11.7 Å². The summed E-state index contributed by atoms with van der Waals surface area (Å²) >= 11 is 0. The average Bonchev–Trinajstić information content (AvgIpc) is 3.56. The summed E-state index contributed by atoms with van der Waals surface area (Å²) in [6, 6.07) is 11.9. The van der Waals surface area contributed by atoms with Gasteiger partial charge >= 0.3 is 0 Å². The Morgan fingerprint density at radius 2 is 1.91 bits per heavy atom. The van der Waals surface area contributed by atoms with Crippen molar-refractivity contribution in [1.29, 1.82) is 0 Å². The monoisotopic (exact) mass is 468 g/mol. The molecule has 0 radical (unpaired) electrons. The molecule has 7 nitrogen and oxygen atoms in total. The van der Waals surface area contributed by atoms with E-state index in [1.54, 1.807) is 18.2 Å². The highest BCUT2D eigenvalue weighted by Crippen LogP contribution is 2.47. The van der Waals surface area contributed by atoms with Crippen LogP contribution in [0.3, 0.4) is 0 Å². The molecule has 4 atom stereocenters. The molecule has 180 valence electrons. The largest absolute Gasteiger partial charge is 0.487 e. The van der Waals surface area contributed by atoms with E-state index in [4.69, 9.17) is 9.47 Å². The molecular formula is C26H29FN2O5. The summed E-state index contributed by atoms with van der Waals surface area (Å²) in [4.78, 5) is 24.8. The fourth-order valence-electron chi connectivity index (χ4n) is 4.88. The molecule has 2 aliphatic heterocycles. The summed E-state index contributed by atoms with van der Waals surface area (Å²) in [5, 5.41) is 15.6. The molecule has 5 rings (SSSR count). The predicted octanol–water partition coefficient (Wildman–Crippen LogP) is 3.27. The molecule has 0 aromatic heterocycles. The lowest BCUT2D eigenvalue weighted by atomic mass is 9.84. The molecule has 2 heterocycles. The van der Waals surface area contributed by atoms with Gasteiger partial charge in [0, 0.05) is 35.7 Å². The highest BCUT2D eigenvalue weighted by atomic mass is 19.1. The summed E-state index contributed by atoms with van der Waals surface area (Å²) in [6.45, 7) is -0.128. The Hall–Kier alpha value is -2.97. The van der Waals surface area contributed by atoms with Gasteiger partial charge in [0.1, 0.15) is 23.8 Å². The third kappa shape index (κ3) is 5.08. The topological polar surface area (TPSA) is 96.9 Å². The maximum absolute atomic E-state index is 13.8. The summed E-state index contributed by atoms with van der Waals surface area (Å²) < 4.78 is 25.9. The molecule has 3 aliphatic rings. The van der Waals surface area contributed by atoms with Crippen molar-refractivity contribution >= 4 is 17.5 Å². The van der Waals surface area contributed by atoms with Gasteiger partial charge in [0.05, 0.1) is 19.1 Å². The molecular weight excluding hydrogens is 439 g/mol. The van der Waals surface area contributed by atoms with Crippen LogP contribution in [-0.2, 0) is 20.9 Å². The number of hydrogen-bond donors (Lipinski definition) is 3. The van der Waals surface area contributed by atoms with Crippen molar-refractivity contribution in [2.45, 2.75) is 62.9 Å². The minimum Gasteiger partial charge on any atom is -0.487 e. The highest BCUT2D eigenvalue weighted by Gasteiger charge is 2.46. The molecule has 0 spiro atoms. The normalized spacial score (nSPS) is 25.1. The second-order valence-electron chi connectivity index (χ2n) is 9.42. The lowest BCUT2D eigenvalue weighted by Crippen LogP contribution is -2.47. The molecule has 1 saturated carbocycles. The van der Waals surface area contributed by atoms with Crippen molar-refractivity contribution < 1.29 is 28.6 Å². The molecule has 34 heavy (non-hydrogen) atoms. The van der Waals surface area contributed by atoms with E-state index in [1.807, 2.05) is 18.2 Å². The van der Waals surface area contributed by atoms with Gasteiger partial charge in [-0.2, -0.15) is 0 Å². The molecule has 2 fully saturated rings. The number of fused-ring (bicyclic) bond motifs is 3. The minimum absolute atomic E-state index is 0.0162. The number of carbonyl (C=O) groups is 2. The summed E-state index contributed by atoms with van der Waals surface area (Å²) in [6.07, 6.45) is 2.09. The lowest BCUT2D eigenvalue weighted by Gasteiger charge is -2.37. The Labute approximate surface area is 197 Å². The van der Waals surface area contributed by atoms with Crippen molar-refractivity contribution in [2.75, 3.05) is 11.9 Å². The van der Waals surface area contributed by atoms with Crippen LogP contribution in [0.1, 0.15) is 49.1 Å². The fraction of sp³-hybridized carbons (Fsp3) is 0.462. The van der Waals surface area contributed by atoms with Crippen LogP contribution < -0.4 is 15.4 Å². The first kappa shape index (κ1) is 22.8. The molecule has 3 N–H and O–H groups in total. The molecule has 1 aliphatic carbocycles. The molecule has 2 amide bonds. The van der Waals surface area contributed by atoms with E-state index in [-0.39, 0.29) is 49.2 Å². The molecule has 2 aromatic rings. The van der Waals surface area contributed by atoms with E-state index in [9.17, 15) is 19.1 Å². The van der Waals surface area contributed by atoms with E-state index in [0.717, 1.165) is 24.1 Å². The quantitative estimate of drug-likeness (QED) is 0.553. The Kier molecular flexibility index (Phi) is 6.52. The van der Waals surface area contributed by atoms with E-state index in [2.05, 4.69) is 10.6 Å². The first-order valence-electron chi connectivity index (χ1n) is 11.9. The van der Waals surface area contributed by atoms with Crippen LogP contribution >= 0.6 is 0 Å². The Balaban J connectivity index is 1.23. The third-order valence-electron chi connectivity index (χ3n) is 6.80. The number of hydrogen-bond acceptors (Lipinski definition) is 5. The molecule has 2 aromatic carbocycles. The van der Waals surface area contributed by atoms with Crippen LogP contribution in [0.15, 0.2) is 42.5 Å². The number of ether oxygens (including phenoxy) is 2. The number of benzene rings is 2. The number of nitrogens with one attached hydrogen (secondary N) is 2. The standard InChI is InChI=1S/C26H29FN2O5/c27-21-4-2-1-3-16(21)13-28-24(31)12-18-11-20-19-10-17(29-25(32)9-15-5-6-15)7-8-22(19)34-26(20)23(14-30)33-18/h1-4,7-8,10,15,18,20,23,26,30H,5-6,9,11-14H2,(H,28,31)(H,29,32)/t18-,20-,23+,26+/m0/s1. The molecule has 8 heteroatoms. The van der Waals surface area contributed by atoms with Gasteiger partial charge in [-0.1, -0.05) is 18.2 Å². The number of carbonyl (C=O) groups excluding carboxylic acids is 2. The smallest absolute Gasteiger partial charge is 0.224 e. The van der Waals surface area contributed by atoms with Gasteiger partial charge in [0.15, 0.2) is 0 Å². The SMILES string of the molecule is O=C(C[C@@H]1C[C@H]2c3cc(NC(=O)CC4CC4)ccc3O[C@H]2[C@@H](CO)O1)NCc1ccccc1F. The number of anilines is 1. The fourth-order valence-corrected chi connectivity index (χ4v) is 4.88. The van der Waals surface area contributed by atoms with Crippen molar-refractivity contribution in [3.05, 3.63) is 59.4 Å². The Morgan fingerprint density at radius 3 is 2.68 bits per heavy atom. The van der Waals surface area contributed by atoms with E-state index in [0.29, 0.717) is 30.1 Å². The van der Waals surface area contributed by atoms with Gasteiger partial charge in [-0.25, -0.2) is 4.39 Å². The third-order valence-corrected chi connectivity index (χ3v) is 6.80. The van der Waals surface area contributed by atoms with Crippen molar-refractivity contribution in [1.82, 2.24) is 5.32 Å². The number of aliphatic hydroxyl groups is 1. The van der Waals surface area contributed by atoms with Gasteiger partial charge in [-0.05, 0) is 49.4 Å². The van der Waals surface area contributed by atoms with Gasteiger partial charge in [0.2, 0.25) is 11.8 Å². The summed E-state index contributed by atoms with van der Waals surface area (Å²) in [5.41, 5.74) is 2.09. The van der Waals surface area contributed by atoms with Gasteiger partial charge in [0.25, 0.3) is 0 Å². The van der Waals surface area contributed by atoms with Crippen LogP contribution in [0.2, 0.25) is 0 Å². The maximum Gasteiger partial charge on any atom is 0.224 e. The lowest BCUT2D eigenvalue weighted by molar-refractivity contribution is -0.142. The first-order valence-corrected chi connectivity index (χ1v) is 11.9. The Morgan fingerprint density at radius 1 is 1.09 bits per heavy atom. The second kappa shape index (κ2) is 9.72. The zero-order valence-electron chi connectivity index (χ0n) is 18.8. The maximum atomic E-state index is 13.8. The average molecular weight is 469 g/mol. The van der Waals surface area contributed by atoms with Crippen molar-refractivity contribution in [3.63, 3.8) is 0 Å². The second-order valence-corrected chi connectivity index (χ2v) is 9.42. The first-order chi connectivity index (χ1) is 16.5. The molecule has 1 saturated heterocycles. The van der Waals surface area contributed by atoms with E-state index < -0.39 is 12.2 Å². The summed E-state index contributed by atoms with van der Waals surface area (Å²) in [7, 11) is 0. The van der Waals surface area contributed by atoms with Gasteiger partial charge in [-0.3, -0.25) is 9.59 Å². The number of rotatable bonds is 8. The van der Waals surface area contributed by atoms with E-state index in [1.165, 1.54) is 6.07 Å². The summed E-state index contributed by atoms with van der Waals surface area (Å²) in [5.74, 6) is 0.562. The highest BCUT2D eigenvalue weighted by molar-refractivity contribution is 5.91. The minimum atomic E-state index is -0.566. The zero-order chi connectivity index (χ0) is 23.7. The zero-order valence-corrected chi connectivity index (χ0v) is 18.8. The van der Waals surface area contributed by atoms with Crippen LogP contribution in [0.25, 0.3) is 0 Å². The number of aliphatic hydroxyl groups excluding tert-OH is 1.